The molecule has 0 spiro atoms. The fourth-order valence-corrected chi connectivity index (χ4v) is 1.28. The number of anilines is 2. The lowest BCUT2D eigenvalue weighted by molar-refractivity contribution is 0.141. The van der Waals surface area contributed by atoms with Crippen LogP contribution in [-0.2, 0) is 4.74 Å². The van der Waals surface area contributed by atoms with E-state index in [1.54, 1.807) is 0 Å². The number of halogens is 2. The van der Waals surface area contributed by atoms with Gasteiger partial charge in [0.25, 0.3) is 0 Å². The first-order valence-corrected chi connectivity index (χ1v) is 5.83. The molecule has 0 aliphatic carbocycles. The Morgan fingerprint density at radius 3 is 2.67 bits per heavy atom. The Labute approximate surface area is 105 Å². The van der Waals surface area contributed by atoms with Gasteiger partial charge in [0.2, 0.25) is 0 Å². The van der Waals surface area contributed by atoms with Crippen LogP contribution in [0.25, 0.3) is 0 Å². The molecule has 1 heterocycles. The molecular weight excluding hydrogens is 242 g/mol. The average molecular weight is 260 g/mol. The minimum absolute atomic E-state index is 0.0524. The third-order valence-electron chi connectivity index (χ3n) is 2.25. The molecule has 7 heteroatoms. The maximum absolute atomic E-state index is 13.3. The number of ether oxygens (including phenoxy) is 1. The number of nitrogens with one attached hydrogen (secondary N) is 2. The fraction of sp³-hybridized carbons (Fsp3) is 0.545. The lowest BCUT2D eigenvalue weighted by atomic mass is 10.4. The third kappa shape index (κ3) is 4.42. The summed E-state index contributed by atoms with van der Waals surface area (Å²) in [4.78, 5) is 3.67. The molecule has 0 atom stereocenters. The summed E-state index contributed by atoms with van der Waals surface area (Å²) in [5, 5.41) is 2.72. The van der Waals surface area contributed by atoms with E-state index in [1.165, 1.54) is 0 Å². The summed E-state index contributed by atoms with van der Waals surface area (Å²) in [6, 6.07) is 0.725. The predicted octanol–water partition coefficient (Wildman–Crippen LogP) is 1.87. The summed E-state index contributed by atoms with van der Waals surface area (Å²) < 4.78 is 31.7. The Morgan fingerprint density at radius 2 is 2.00 bits per heavy atom. The van der Waals surface area contributed by atoms with Crippen molar-refractivity contribution >= 4 is 11.6 Å². The minimum Gasteiger partial charge on any atom is -0.380 e. The van der Waals surface area contributed by atoms with Gasteiger partial charge in [-0.05, 0) is 6.42 Å². The lowest BCUT2D eigenvalue weighted by Crippen LogP contribution is -2.15. The highest BCUT2D eigenvalue weighted by molar-refractivity contribution is 5.46. The van der Waals surface area contributed by atoms with E-state index in [0.717, 1.165) is 18.9 Å². The molecule has 0 aliphatic heterocycles. The maximum Gasteiger partial charge on any atom is 0.178 e. The van der Waals surface area contributed by atoms with Gasteiger partial charge in [-0.25, -0.2) is 19.6 Å². The highest BCUT2D eigenvalue weighted by Crippen LogP contribution is 2.17. The quantitative estimate of drug-likeness (QED) is 0.378. The molecule has 0 radical (unpaired) electrons. The van der Waals surface area contributed by atoms with Crippen LogP contribution in [0, 0.1) is 11.6 Å². The van der Waals surface area contributed by atoms with Gasteiger partial charge >= 0.3 is 0 Å². The van der Waals surface area contributed by atoms with E-state index < -0.39 is 11.6 Å². The zero-order chi connectivity index (χ0) is 13.4. The number of nitrogen functional groups attached to an aromatic ring is 1. The zero-order valence-electron chi connectivity index (χ0n) is 10.3. The van der Waals surface area contributed by atoms with E-state index in [1.807, 2.05) is 0 Å². The molecule has 0 unspecified atom stereocenters. The number of hydrogen-bond donors (Lipinski definition) is 3. The van der Waals surface area contributed by atoms with E-state index in [2.05, 4.69) is 22.7 Å². The molecule has 18 heavy (non-hydrogen) atoms. The van der Waals surface area contributed by atoms with Gasteiger partial charge in [0.1, 0.15) is 0 Å². The predicted molar refractivity (Wildman–Crippen MR) is 66.2 cm³/mol. The fourth-order valence-electron chi connectivity index (χ4n) is 1.28. The Balaban J connectivity index is 2.42. The van der Waals surface area contributed by atoms with Crippen LogP contribution in [0.3, 0.4) is 0 Å². The molecule has 0 aromatic carbocycles. The summed E-state index contributed by atoms with van der Waals surface area (Å²) in [5.74, 6) is 3.20. The average Bonchev–Trinajstić information content (AvgIpc) is 2.36. The minimum atomic E-state index is -0.834. The number of pyridine rings is 1. The van der Waals surface area contributed by atoms with Gasteiger partial charge in [-0.3, -0.25) is 0 Å². The number of hydrogen-bond acceptors (Lipinski definition) is 5. The first-order valence-electron chi connectivity index (χ1n) is 5.83. The van der Waals surface area contributed by atoms with Crippen molar-refractivity contribution in [3.63, 3.8) is 0 Å². The monoisotopic (exact) mass is 260 g/mol. The van der Waals surface area contributed by atoms with Crippen molar-refractivity contribution < 1.29 is 13.5 Å². The molecule has 0 saturated heterocycles. The molecule has 102 valence electrons. The van der Waals surface area contributed by atoms with Crippen LogP contribution in [0.1, 0.15) is 19.8 Å². The lowest BCUT2D eigenvalue weighted by Gasteiger charge is -2.09. The highest BCUT2D eigenvalue weighted by atomic mass is 19.1. The van der Waals surface area contributed by atoms with E-state index in [9.17, 15) is 8.78 Å². The number of nitrogens with zero attached hydrogens (tertiary/aromatic N) is 1. The van der Waals surface area contributed by atoms with Crippen molar-refractivity contribution in [2.75, 3.05) is 30.5 Å². The Bertz CT molecular complexity index is 376. The van der Waals surface area contributed by atoms with Gasteiger partial charge in [-0.15, -0.1) is 0 Å². The standard InChI is InChI=1S/C11H18F2N4O/c1-2-3-5-18-6-4-15-10-8(12)7-9(13)11(16-10)17-14/h7H,2-6,14H2,1H3,(H2,15,16,17). The van der Waals surface area contributed by atoms with Gasteiger partial charge in [0.15, 0.2) is 23.3 Å². The number of hydrazine groups is 1. The van der Waals surface area contributed by atoms with Crippen molar-refractivity contribution in [1.82, 2.24) is 4.98 Å². The number of rotatable bonds is 8. The van der Waals surface area contributed by atoms with Crippen LogP contribution in [-0.4, -0.2) is 24.7 Å². The summed E-state index contributed by atoms with van der Waals surface area (Å²) >= 11 is 0. The summed E-state index contributed by atoms with van der Waals surface area (Å²) in [6.07, 6.45) is 2.05. The second-order valence-electron chi connectivity index (χ2n) is 3.69. The Morgan fingerprint density at radius 1 is 1.28 bits per heavy atom. The van der Waals surface area contributed by atoms with Gasteiger partial charge < -0.3 is 15.5 Å². The summed E-state index contributed by atoms with van der Waals surface area (Å²) in [7, 11) is 0. The molecule has 0 aliphatic rings. The molecule has 1 aromatic heterocycles. The molecule has 1 rings (SSSR count). The smallest absolute Gasteiger partial charge is 0.178 e. The molecule has 0 saturated carbocycles. The topological polar surface area (TPSA) is 72.2 Å². The van der Waals surface area contributed by atoms with E-state index in [0.29, 0.717) is 19.8 Å². The van der Waals surface area contributed by atoms with Crippen LogP contribution < -0.4 is 16.6 Å². The van der Waals surface area contributed by atoms with E-state index in [4.69, 9.17) is 10.6 Å². The first-order chi connectivity index (χ1) is 8.69. The molecule has 5 nitrogen and oxygen atoms in total. The summed E-state index contributed by atoms with van der Waals surface area (Å²) in [6.45, 7) is 3.57. The Hall–Kier alpha value is -1.47. The van der Waals surface area contributed by atoms with Crippen LogP contribution in [0.2, 0.25) is 0 Å². The number of aromatic nitrogens is 1. The van der Waals surface area contributed by atoms with Crippen molar-refractivity contribution in [3.8, 4) is 0 Å². The SMILES string of the molecule is CCCCOCCNc1nc(NN)c(F)cc1F. The normalized spacial score (nSPS) is 10.4. The van der Waals surface area contributed by atoms with Crippen molar-refractivity contribution in [3.05, 3.63) is 17.7 Å². The van der Waals surface area contributed by atoms with Crippen LogP contribution >= 0.6 is 0 Å². The van der Waals surface area contributed by atoms with Gasteiger partial charge in [-0.1, -0.05) is 13.3 Å². The van der Waals surface area contributed by atoms with E-state index in [-0.39, 0.29) is 11.6 Å². The molecule has 4 N–H and O–H groups in total. The van der Waals surface area contributed by atoms with Gasteiger partial charge in [0, 0.05) is 19.2 Å². The third-order valence-corrected chi connectivity index (χ3v) is 2.25. The van der Waals surface area contributed by atoms with Gasteiger partial charge in [0.05, 0.1) is 6.61 Å². The molecular formula is C11H18F2N4O. The highest BCUT2D eigenvalue weighted by Gasteiger charge is 2.10. The molecule has 0 amide bonds. The second-order valence-corrected chi connectivity index (χ2v) is 3.69. The zero-order valence-corrected chi connectivity index (χ0v) is 10.3. The second kappa shape index (κ2) is 7.78. The van der Waals surface area contributed by atoms with Crippen LogP contribution in [0.15, 0.2) is 6.07 Å². The van der Waals surface area contributed by atoms with Crippen molar-refractivity contribution in [1.29, 1.82) is 0 Å². The number of nitrogens with two attached hydrogens (primary N) is 1. The van der Waals surface area contributed by atoms with Crippen molar-refractivity contribution in [2.45, 2.75) is 19.8 Å². The van der Waals surface area contributed by atoms with Crippen molar-refractivity contribution in [2.24, 2.45) is 5.84 Å². The Kier molecular flexibility index (Phi) is 6.31. The maximum atomic E-state index is 13.3. The van der Waals surface area contributed by atoms with Gasteiger partial charge in [-0.2, -0.15) is 0 Å². The van der Waals surface area contributed by atoms with Crippen LogP contribution in [0.4, 0.5) is 20.4 Å². The van der Waals surface area contributed by atoms with Crippen LogP contribution in [0.5, 0.6) is 0 Å². The summed E-state index contributed by atoms with van der Waals surface area (Å²) in [5.41, 5.74) is 2.06. The molecule has 1 aromatic rings. The molecule has 0 fully saturated rings. The van der Waals surface area contributed by atoms with E-state index >= 15 is 0 Å². The molecule has 0 bridgehead atoms. The largest absolute Gasteiger partial charge is 0.380 e. The first kappa shape index (κ1) is 14.6. The number of unbranched alkanes of at least 4 members (excludes halogenated alkanes) is 1.